The van der Waals surface area contributed by atoms with Crippen LogP contribution in [-0.4, -0.2) is 35.2 Å². The van der Waals surface area contributed by atoms with E-state index in [0.29, 0.717) is 25.3 Å². The highest BCUT2D eigenvalue weighted by atomic mass is 16.2. The zero-order valence-corrected chi connectivity index (χ0v) is 15.2. The van der Waals surface area contributed by atoms with Gasteiger partial charge in [0.2, 0.25) is 17.7 Å². The minimum atomic E-state index is -0.147. The molecule has 5 heteroatoms. The molecule has 0 radical (unpaired) electrons. The molecule has 1 aliphatic heterocycles. The van der Waals surface area contributed by atoms with E-state index in [0.717, 1.165) is 19.3 Å². The van der Waals surface area contributed by atoms with Crippen LogP contribution in [0.15, 0.2) is 0 Å². The Morgan fingerprint density at radius 3 is 2.30 bits per heavy atom. The van der Waals surface area contributed by atoms with Gasteiger partial charge in [0.25, 0.3) is 0 Å². The van der Waals surface area contributed by atoms with Crippen molar-refractivity contribution in [3.05, 3.63) is 0 Å². The van der Waals surface area contributed by atoms with Crippen molar-refractivity contribution < 1.29 is 14.4 Å². The smallest absolute Gasteiger partial charge is 0.233 e. The quantitative estimate of drug-likeness (QED) is 0.524. The lowest BCUT2D eigenvalue weighted by Gasteiger charge is -2.18. The van der Waals surface area contributed by atoms with E-state index in [2.05, 4.69) is 19.2 Å². The summed E-state index contributed by atoms with van der Waals surface area (Å²) >= 11 is 0. The van der Waals surface area contributed by atoms with Crippen molar-refractivity contribution in [3.8, 4) is 0 Å². The van der Waals surface area contributed by atoms with Crippen LogP contribution in [0.3, 0.4) is 0 Å². The summed E-state index contributed by atoms with van der Waals surface area (Å²) in [5.74, 6) is 0.513. The third-order valence-corrected chi connectivity index (χ3v) is 4.76. The fourth-order valence-electron chi connectivity index (χ4n) is 2.69. The summed E-state index contributed by atoms with van der Waals surface area (Å²) in [5.41, 5.74) is 0. The summed E-state index contributed by atoms with van der Waals surface area (Å²) < 4.78 is 0. The Hall–Kier alpha value is -1.39. The Labute approximate surface area is 140 Å². The first-order valence-corrected chi connectivity index (χ1v) is 8.87. The minimum absolute atomic E-state index is 0.0199. The fraction of sp³-hybridized carbons (Fsp3) is 0.833. The Morgan fingerprint density at radius 2 is 1.78 bits per heavy atom. The summed E-state index contributed by atoms with van der Waals surface area (Å²) in [5, 5.41) is 2.99. The molecule has 0 bridgehead atoms. The number of carbonyl (C=O) groups excluding carboxylic acids is 3. The van der Waals surface area contributed by atoms with Crippen LogP contribution in [0.1, 0.15) is 66.7 Å². The Balaban J connectivity index is 2.22. The Bertz CT molecular complexity index is 432. The van der Waals surface area contributed by atoms with Gasteiger partial charge < -0.3 is 5.32 Å². The predicted octanol–water partition coefficient (Wildman–Crippen LogP) is 2.74. The maximum absolute atomic E-state index is 12.2. The third-order valence-electron chi connectivity index (χ3n) is 4.76. The summed E-state index contributed by atoms with van der Waals surface area (Å²) in [6, 6.07) is 0.190. The van der Waals surface area contributed by atoms with E-state index >= 15 is 0 Å². The molecule has 0 aromatic rings. The molecule has 0 saturated carbocycles. The second kappa shape index (κ2) is 9.04. The molecule has 1 heterocycles. The minimum Gasteiger partial charge on any atom is -0.353 e. The lowest BCUT2D eigenvalue weighted by Crippen LogP contribution is -2.36. The molecular formula is C18H32N2O3. The monoisotopic (exact) mass is 324 g/mol. The normalized spacial score (nSPS) is 19.8. The molecule has 1 aliphatic rings. The first-order valence-electron chi connectivity index (χ1n) is 8.87. The van der Waals surface area contributed by atoms with Gasteiger partial charge in [-0.05, 0) is 31.6 Å². The van der Waals surface area contributed by atoms with Gasteiger partial charge in [-0.1, -0.05) is 34.1 Å². The number of carbonyl (C=O) groups is 3. The number of hydrogen-bond donors (Lipinski definition) is 1. The number of amides is 3. The van der Waals surface area contributed by atoms with Gasteiger partial charge in [-0.25, -0.2) is 0 Å². The molecule has 2 unspecified atom stereocenters. The summed E-state index contributed by atoms with van der Waals surface area (Å²) in [6.07, 6.45) is 3.28. The number of likely N-dealkylation sites (tertiary alicyclic amines) is 1. The molecule has 0 aromatic carbocycles. The molecule has 0 spiro atoms. The Kier molecular flexibility index (Phi) is 7.73. The van der Waals surface area contributed by atoms with Gasteiger partial charge in [-0.2, -0.15) is 0 Å². The lowest BCUT2D eigenvalue weighted by molar-refractivity contribution is -0.139. The maximum atomic E-state index is 12.2. The SMILES string of the molecule is CC(C)C(C)NC(=O)CCCCCN1C(=O)CC(C(C)C)C1=O. The van der Waals surface area contributed by atoms with Crippen molar-refractivity contribution in [1.82, 2.24) is 10.2 Å². The standard InChI is InChI=1S/C18H32N2O3/c1-12(2)14(5)19-16(21)9-7-6-8-10-20-17(22)11-15(13(3)4)18(20)23/h12-15H,6-11H2,1-5H3,(H,19,21). The van der Waals surface area contributed by atoms with Crippen LogP contribution in [-0.2, 0) is 14.4 Å². The Morgan fingerprint density at radius 1 is 1.13 bits per heavy atom. The van der Waals surface area contributed by atoms with Gasteiger partial charge in [-0.15, -0.1) is 0 Å². The van der Waals surface area contributed by atoms with Crippen molar-refractivity contribution >= 4 is 17.7 Å². The number of nitrogens with zero attached hydrogens (tertiary/aromatic N) is 1. The summed E-state index contributed by atoms with van der Waals surface area (Å²) in [4.78, 5) is 37.2. The number of unbranched alkanes of at least 4 members (excludes halogenated alkanes) is 2. The van der Waals surface area contributed by atoms with Crippen LogP contribution < -0.4 is 5.32 Å². The van der Waals surface area contributed by atoms with E-state index in [4.69, 9.17) is 0 Å². The molecule has 3 amide bonds. The van der Waals surface area contributed by atoms with E-state index in [-0.39, 0.29) is 35.6 Å². The van der Waals surface area contributed by atoms with Crippen LogP contribution in [0.2, 0.25) is 0 Å². The topological polar surface area (TPSA) is 66.5 Å². The van der Waals surface area contributed by atoms with E-state index in [1.54, 1.807) is 0 Å². The van der Waals surface area contributed by atoms with Gasteiger partial charge in [0.05, 0.1) is 0 Å². The summed E-state index contributed by atoms with van der Waals surface area (Å²) in [7, 11) is 0. The predicted molar refractivity (Wildman–Crippen MR) is 90.6 cm³/mol. The molecule has 1 saturated heterocycles. The zero-order chi connectivity index (χ0) is 17.6. The van der Waals surface area contributed by atoms with Gasteiger partial charge in [0.15, 0.2) is 0 Å². The van der Waals surface area contributed by atoms with Crippen LogP contribution in [0.25, 0.3) is 0 Å². The van der Waals surface area contributed by atoms with Crippen LogP contribution in [0, 0.1) is 17.8 Å². The molecule has 5 nitrogen and oxygen atoms in total. The van der Waals surface area contributed by atoms with E-state index < -0.39 is 0 Å². The zero-order valence-electron chi connectivity index (χ0n) is 15.2. The van der Waals surface area contributed by atoms with Gasteiger partial charge in [0.1, 0.15) is 0 Å². The van der Waals surface area contributed by atoms with Gasteiger partial charge in [-0.3, -0.25) is 19.3 Å². The number of rotatable bonds is 9. The second-order valence-corrected chi connectivity index (χ2v) is 7.35. The molecule has 0 aliphatic carbocycles. The molecule has 132 valence electrons. The van der Waals surface area contributed by atoms with E-state index in [9.17, 15) is 14.4 Å². The number of imide groups is 1. The fourth-order valence-corrected chi connectivity index (χ4v) is 2.69. The highest BCUT2D eigenvalue weighted by Gasteiger charge is 2.39. The highest BCUT2D eigenvalue weighted by Crippen LogP contribution is 2.26. The molecule has 1 rings (SSSR count). The van der Waals surface area contributed by atoms with Crippen molar-refractivity contribution in [3.63, 3.8) is 0 Å². The van der Waals surface area contributed by atoms with E-state index in [1.807, 2.05) is 20.8 Å². The van der Waals surface area contributed by atoms with Crippen LogP contribution in [0.5, 0.6) is 0 Å². The highest BCUT2D eigenvalue weighted by molar-refractivity contribution is 6.03. The summed E-state index contributed by atoms with van der Waals surface area (Å²) in [6.45, 7) is 10.6. The largest absolute Gasteiger partial charge is 0.353 e. The number of nitrogens with one attached hydrogen (secondary N) is 1. The molecule has 23 heavy (non-hydrogen) atoms. The van der Waals surface area contributed by atoms with Crippen LogP contribution in [0.4, 0.5) is 0 Å². The van der Waals surface area contributed by atoms with Crippen molar-refractivity contribution in [2.24, 2.45) is 17.8 Å². The molecule has 1 fully saturated rings. The molecular weight excluding hydrogens is 292 g/mol. The maximum Gasteiger partial charge on any atom is 0.233 e. The average Bonchev–Trinajstić information content (AvgIpc) is 2.74. The van der Waals surface area contributed by atoms with Crippen LogP contribution >= 0.6 is 0 Å². The number of hydrogen-bond acceptors (Lipinski definition) is 3. The van der Waals surface area contributed by atoms with Gasteiger partial charge >= 0.3 is 0 Å². The third kappa shape index (κ3) is 5.96. The lowest BCUT2D eigenvalue weighted by atomic mass is 9.94. The van der Waals surface area contributed by atoms with Crippen molar-refractivity contribution in [2.45, 2.75) is 72.8 Å². The average molecular weight is 324 g/mol. The molecule has 0 aromatic heterocycles. The molecule has 1 N–H and O–H groups in total. The first kappa shape index (κ1) is 19.7. The second-order valence-electron chi connectivity index (χ2n) is 7.35. The van der Waals surface area contributed by atoms with Gasteiger partial charge in [0, 0.05) is 31.3 Å². The van der Waals surface area contributed by atoms with Crippen molar-refractivity contribution in [2.75, 3.05) is 6.54 Å². The van der Waals surface area contributed by atoms with Crippen molar-refractivity contribution in [1.29, 1.82) is 0 Å². The first-order chi connectivity index (χ1) is 10.7. The molecule has 2 atom stereocenters. The van der Waals surface area contributed by atoms with E-state index in [1.165, 1.54) is 4.90 Å².